The van der Waals surface area contributed by atoms with Gasteiger partial charge in [0.05, 0.1) is 0 Å². The molecule has 0 aliphatic carbocycles. The Balaban J connectivity index is 1.91. The van der Waals surface area contributed by atoms with Crippen molar-refractivity contribution in [2.45, 2.75) is 19.8 Å². The third-order valence-electron chi connectivity index (χ3n) is 3.88. The molecule has 1 aromatic carbocycles. The van der Waals surface area contributed by atoms with Crippen LogP contribution in [0.1, 0.15) is 30.1 Å². The lowest BCUT2D eigenvalue weighted by atomic mass is 9.95. The number of likely N-dealkylation sites (tertiary alicyclic amines) is 1. The number of amides is 2. The van der Waals surface area contributed by atoms with Crippen molar-refractivity contribution in [1.82, 2.24) is 10.3 Å². The summed E-state index contributed by atoms with van der Waals surface area (Å²) in [5.41, 5.74) is 3.73. The normalized spacial score (nSPS) is 15.1. The number of hydrogen-bond acceptors (Lipinski definition) is 4. The third kappa shape index (κ3) is 4.56. The lowest BCUT2D eigenvalue weighted by Gasteiger charge is -2.31. The highest BCUT2D eigenvalue weighted by Gasteiger charge is 2.27. The highest BCUT2D eigenvalue weighted by molar-refractivity contribution is 5.94. The minimum absolute atomic E-state index is 0.0249. The van der Waals surface area contributed by atoms with E-state index in [2.05, 4.69) is 12.0 Å². The van der Waals surface area contributed by atoms with E-state index in [0.717, 1.165) is 5.57 Å². The second-order valence-corrected chi connectivity index (χ2v) is 5.85. The van der Waals surface area contributed by atoms with Crippen LogP contribution in [-0.4, -0.2) is 36.4 Å². The Morgan fingerprint density at radius 2 is 1.91 bits per heavy atom. The molecule has 1 aromatic rings. The van der Waals surface area contributed by atoms with Gasteiger partial charge in [0.2, 0.25) is 5.91 Å². The maximum Gasteiger partial charge on any atom is 0.253 e. The summed E-state index contributed by atoms with van der Waals surface area (Å²) in [6.45, 7) is 7.26. The lowest BCUT2D eigenvalue weighted by Crippen LogP contribution is -2.44. The van der Waals surface area contributed by atoms with E-state index >= 15 is 0 Å². The highest BCUT2D eigenvalue weighted by Crippen LogP contribution is 2.20. The molecule has 1 aliphatic heterocycles. The molecular weight excluding hydrogens is 294 g/mol. The molecule has 1 saturated heterocycles. The molecule has 1 heterocycles. The predicted octanol–water partition coefficient (Wildman–Crippen LogP) is 1.48. The number of piperidine rings is 1. The van der Waals surface area contributed by atoms with Gasteiger partial charge in [0.1, 0.15) is 12.4 Å². The average Bonchev–Trinajstić information content (AvgIpc) is 2.59. The van der Waals surface area contributed by atoms with Crippen LogP contribution in [0.2, 0.25) is 0 Å². The van der Waals surface area contributed by atoms with Crippen molar-refractivity contribution in [2.24, 2.45) is 11.8 Å². The number of hydrazine groups is 1. The van der Waals surface area contributed by atoms with Crippen molar-refractivity contribution < 1.29 is 14.3 Å². The van der Waals surface area contributed by atoms with Crippen LogP contribution in [0.5, 0.6) is 5.75 Å². The van der Waals surface area contributed by atoms with Crippen molar-refractivity contribution in [3.63, 3.8) is 0 Å². The zero-order valence-corrected chi connectivity index (χ0v) is 13.4. The minimum Gasteiger partial charge on any atom is -0.489 e. The summed E-state index contributed by atoms with van der Waals surface area (Å²) < 4.78 is 5.52. The van der Waals surface area contributed by atoms with Crippen LogP contribution >= 0.6 is 0 Å². The zero-order chi connectivity index (χ0) is 16.8. The second-order valence-electron chi connectivity index (χ2n) is 5.85. The van der Waals surface area contributed by atoms with E-state index in [-0.39, 0.29) is 17.7 Å². The first-order valence-corrected chi connectivity index (χ1v) is 7.68. The molecule has 124 valence electrons. The molecule has 2 rings (SSSR count). The molecule has 23 heavy (non-hydrogen) atoms. The molecule has 0 spiro atoms. The summed E-state index contributed by atoms with van der Waals surface area (Å²) in [7, 11) is 0. The van der Waals surface area contributed by atoms with Gasteiger partial charge < -0.3 is 9.64 Å². The Hall–Kier alpha value is -2.34. The molecule has 0 saturated carbocycles. The molecular formula is C17H23N3O3. The van der Waals surface area contributed by atoms with E-state index < -0.39 is 0 Å². The molecule has 1 fully saturated rings. The minimum atomic E-state index is -0.156. The van der Waals surface area contributed by atoms with Crippen molar-refractivity contribution >= 4 is 11.8 Å². The van der Waals surface area contributed by atoms with E-state index in [1.165, 1.54) is 0 Å². The van der Waals surface area contributed by atoms with Crippen LogP contribution in [0.15, 0.2) is 36.4 Å². The highest BCUT2D eigenvalue weighted by atomic mass is 16.5. The maximum atomic E-state index is 12.5. The van der Waals surface area contributed by atoms with E-state index in [0.29, 0.717) is 43.9 Å². The molecule has 1 aliphatic rings. The van der Waals surface area contributed by atoms with E-state index in [1.54, 1.807) is 29.2 Å². The number of rotatable bonds is 5. The fourth-order valence-corrected chi connectivity index (χ4v) is 2.55. The van der Waals surface area contributed by atoms with Crippen molar-refractivity contribution in [3.05, 3.63) is 42.0 Å². The monoisotopic (exact) mass is 317 g/mol. The standard InChI is InChI=1S/C17H23N3O3/c1-12(2)11-23-15-5-3-14(4-6-15)17(22)20-9-7-13(8-10-20)16(21)19-18/h3-6,13H,1,7-11,18H2,2H3,(H,19,21). The molecule has 0 unspecified atom stereocenters. The predicted molar refractivity (Wildman–Crippen MR) is 87.7 cm³/mol. The number of hydrogen-bond donors (Lipinski definition) is 2. The first-order chi connectivity index (χ1) is 11.0. The van der Waals surface area contributed by atoms with Crippen LogP contribution in [0.25, 0.3) is 0 Å². The van der Waals surface area contributed by atoms with Gasteiger partial charge in [0.25, 0.3) is 5.91 Å². The Morgan fingerprint density at radius 3 is 2.43 bits per heavy atom. The van der Waals surface area contributed by atoms with Crippen LogP contribution in [0, 0.1) is 5.92 Å². The van der Waals surface area contributed by atoms with Crippen molar-refractivity contribution in [3.8, 4) is 5.75 Å². The van der Waals surface area contributed by atoms with Crippen LogP contribution in [0.3, 0.4) is 0 Å². The molecule has 0 aromatic heterocycles. The molecule has 3 N–H and O–H groups in total. The number of nitrogens with zero attached hydrogens (tertiary/aromatic N) is 1. The number of carbonyl (C=O) groups excluding carboxylic acids is 2. The van der Waals surface area contributed by atoms with Crippen LogP contribution in [-0.2, 0) is 4.79 Å². The fourth-order valence-electron chi connectivity index (χ4n) is 2.55. The lowest BCUT2D eigenvalue weighted by molar-refractivity contribution is -0.126. The zero-order valence-electron chi connectivity index (χ0n) is 13.4. The van der Waals surface area contributed by atoms with Gasteiger partial charge in [-0.05, 0) is 49.6 Å². The van der Waals surface area contributed by atoms with Gasteiger partial charge >= 0.3 is 0 Å². The Morgan fingerprint density at radius 1 is 1.30 bits per heavy atom. The molecule has 6 nitrogen and oxygen atoms in total. The fraction of sp³-hybridized carbons (Fsp3) is 0.412. The van der Waals surface area contributed by atoms with Gasteiger partial charge in [0.15, 0.2) is 0 Å². The SMILES string of the molecule is C=C(C)COc1ccc(C(=O)N2CCC(C(=O)NN)CC2)cc1. The van der Waals surface area contributed by atoms with E-state index in [9.17, 15) is 9.59 Å². The molecule has 0 radical (unpaired) electrons. The summed E-state index contributed by atoms with van der Waals surface area (Å²) >= 11 is 0. The van der Waals surface area contributed by atoms with Gasteiger partial charge in [-0.3, -0.25) is 15.0 Å². The Labute approximate surface area is 136 Å². The van der Waals surface area contributed by atoms with Gasteiger partial charge in [0, 0.05) is 24.6 Å². The first kappa shape index (κ1) is 17.0. The Kier molecular flexibility index (Phi) is 5.76. The van der Waals surface area contributed by atoms with Gasteiger partial charge in [-0.15, -0.1) is 0 Å². The quantitative estimate of drug-likeness (QED) is 0.373. The summed E-state index contributed by atoms with van der Waals surface area (Å²) in [6, 6.07) is 7.08. The topological polar surface area (TPSA) is 84.7 Å². The molecule has 2 amide bonds. The third-order valence-corrected chi connectivity index (χ3v) is 3.88. The van der Waals surface area contributed by atoms with Crippen LogP contribution in [0.4, 0.5) is 0 Å². The molecule has 0 atom stereocenters. The largest absolute Gasteiger partial charge is 0.489 e. The van der Waals surface area contributed by atoms with Gasteiger partial charge in [-0.2, -0.15) is 0 Å². The number of benzene rings is 1. The number of nitrogens with one attached hydrogen (secondary N) is 1. The average molecular weight is 317 g/mol. The molecule has 0 bridgehead atoms. The number of carbonyl (C=O) groups is 2. The number of nitrogens with two attached hydrogens (primary N) is 1. The first-order valence-electron chi connectivity index (χ1n) is 7.68. The summed E-state index contributed by atoms with van der Waals surface area (Å²) in [5, 5.41) is 0. The maximum absolute atomic E-state index is 12.5. The summed E-state index contributed by atoms with van der Waals surface area (Å²) in [4.78, 5) is 25.7. The van der Waals surface area contributed by atoms with E-state index in [4.69, 9.17) is 10.6 Å². The molecule has 6 heteroatoms. The second kappa shape index (κ2) is 7.78. The van der Waals surface area contributed by atoms with Gasteiger partial charge in [-0.25, -0.2) is 5.84 Å². The smallest absolute Gasteiger partial charge is 0.253 e. The van der Waals surface area contributed by atoms with Crippen LogP contribution < -0.4 is 16.0 Å². The number of ether oxygens (including phenoxy) is 1. The Bertz CT molecular complexity index is 575. The van der Waals surface area contributed by atoms with Crippen molar-refractivity contribution in [2.75, 3.05) is 19.7 Å². The van der Waals surface area contributed by atoms with Gasteiger partial charge in [-0.1, -0.05) is 6.58 Å². The summed E-state index contributed by atoms with van der Waals surface area (Å²) in [5.74, 6) is 5.57. The van der Waals surface area contributed by atoms with E-state index in [1.807, 2.05) is 6.92 Å². The summed E-state index contributed by atoms with van der Waals surface area (Å²) in [6.07, 6.45) is 1.27. The van der Waals surface area contributed by atoms with Crippen molar-refractivity contribution in [1.29, 1.82) is 0 Å².